The number of carbonyl (C=O) groups excluding carboxylic acids is 2. The van der Waals surface area contributed by atoms with E-state index in [1.807, 2.05) is 30.3 Å². The molecule has 1 amide bonds. The van der Waals surface area contributed by atoms with E-state index in [4.69, 9.17) is 9.47 Å². The molecule has 0 saturated heterocycles. The van der Waals surface area contributed by atoms with Gasteiger partial charge in [-0.2, -0.15) is 0 Å². The van der Waals surface area contributed by atoms with Crippen LogP contribution < -0.4 is 20.1 Å². The highest BCUT2D eigenvalue weighted by atomic mass is 16.5. The second kappa shape index (κ2) is 8.57. The molecule has 0 bridgehead atoms. The molecule has 0 fully saturated rings. The monoisotopic (exact) mass is 328 g/mol. The van der Waals surface area contributed by atoms with Crippen molar-refractivity contribution < 1.29 is 19.1 Å². The predicted molar refractivity (Wildman–Crippen MR) is 91.8 cm³/mol. The number of Topliss-reactive ketones (excluding diaryl/α,β-unsaturated/α-hetero) is 1. The molecule has 0 aliphatic heterocycles. The van der Waals surface area contributed by atoms with Crippen molar-refractivity contribution in [2.75, 3.05) is 32.6 Å². The topological polar surface area (TPSA) is 76.7 Å². The average Bonchev–Trinajstić information content (AvgIpc) is 2.64. The lowest BCUT2D eigenvalue weighted by Gasteiger charge is -2.10. The Kier molecular flexibility index (Phi) is 6.19. The van der Waals surface area contributed by atoms with Crippen LogP contribution >= 0.6 is 0 Å². The van der Waals surface area contributed by atoms with Gasteiger partial charge in [0.15, 0.2) is 17.3 Å². The number of anilines is 1. The number of nitrogens with one attached hydrogen (secondary N) is 2. The molecule has 0 aromatic heterocycles. The average molecular weight is 328 g/mol. The highest BCUT2D eigenvalue weighted by Gasteiger charge is 2.12. The fourth-order valence-electron chi connectivity index (χ4n) is 2.09. The minimum atomic E-state index is -0.257. The van der Waals surface area contributed by atoms with Crippen molar-refractivity contribution in [3.8, 4) is 11.5 Å². The van der Waals surface area contributed by atoms with Crippen LogP contribution in [0.5, 0.6) is 11.5 Å². The van der Waals surface area contributed by atoms with Crippen molar-refractivity contribution in [3.05, 3.63) is 54.1 Å². The van der Waals surface area contributed by atoms with Crippen LogP contribution in [0.1, 0.15) is 10.4 Å². The van der Waals surface area contributed by atoms with Crippen molar-refractivity contribution in [3.63, 3.8) is 0 Å². The molecule has 24 heavy (non-hydrogen) atoms. The molecule has 6 nitrogen and oxygen atoms in total. The minimum Gasteiger partial charge on any atom is -0.493 e. The first kappa shape index (κ1) is 17.3. The molecule has 2 aromatic rings. The Hall–Kier alpha value is -3.02. The normalized spacial score (nSPS) is 9.92. The molecular formula is C18H20N2O4. The van der Waals surface area contributed by atoms with Crippen LogP contribution in [0.25, 0.3) is 0 Å². The summed E-state index contributed by atoms with van der Waals surface area (Å²) >= 11 is 0. The van der Waals surface area contributed by atoms with Gasteiger partial charge in [-0.3, -0.25) is 9.59 Å². The maximum absolute atomic E-state index is 12.2. The number of ketones is 1. The zero-order chi connectivity index (χ0) is 17.4. The zero-order valence-corrected chi connectivity index (χ0v) is 13.7. The molecule has 0 unspecified atom stereocenters. The minimum absolute atomic E-state index is 0.0786. The number of carbonyl (C=O) groups is 2. The fraction of sp³-hybridized carbons (Fsp3) is 0.222. The van der Waals surface area contributed by atoms with Gasteiger partial charge in [0.2, 0.25) is 5.91 Å². The number of amides is 1. The molecule has 6 heteroatoms. The third kappa shape index (κ3) is 4.74. The first-order valence-electron chi connectivity index (χ1n) is 7.45. The Morgan fingerprint density at radius 3 is 2.29 bits per heavy atom. The number of benzene rings is 2. The molecular weight excluding hydrogens is 308 g/mol. The van der Waals surface area contributed by atoms with Crippen LogP contribution in [0.15, 0.2) is 48.5 Å². The molecule has 2 N–H and O–H groups in total. The molecule has 0 aliphatic rings. The Morgan fingerprint density at radius 2 is 1.62 bits per heavy atom. The molecule has 0 radical (unpaired) electrons. The van der Waals surface area contributed by atoms with Gasteiger partial charge >= 0.3 is 0 Å². The van der Waals surface area contributed by atoms with E-state index < -0.39 is 0 Å². The second-order valence-electron chi connectivity index (χ2n) is 4.99. The third-order valence-corrected chi connectivity index (χ3v) is 3.38. The molecule has 0 aliphatic carbocycles. The van der Waals surface area contributed by atoms with Crippen LogP contribution in [0.3, 0.4) is 0 Å². The summed E-state index contributed by atoms with van der Waals surface area (Å²) in [6.45, 7) is 0.0218. The first-order valence-corrected chi connectivity index (χ1v) is 7.45. The van der Waals surface area contributed by atoms with E-state index in [2.05, 4.69) is 10.6 Å². The quantitative estimate of drug-likeness (QED) is 0.726. The molecule has 2 aromatic carbocycles. The van der Waals surface area contributed by atoms with Gasteiger partial charge in [-0.25, -0.2) is 0 Å². The van der Waals surface area contributed by atoms with Crippen molar-refractivity contribution in [2.24, 2.45) is 0 Å². The van der Waals surface area contributed by atoms with E-state index >= 15 is 0 Å². The number of para-hydroxylation sites is 1. The van der Waals surface area contributed by atoms with Crippen LogP contribution in [-0.4, -0.2) is 39.0 Å². The predicted octanol–water partition coefficient (Wildman–Crippen LogP) is 2.11. The molecule has 126 valence electrons. The van der Waals surface area contributed by atoms with Gasteiger partial charge in [0.05, 0.1) is 27.3 Å². The van der Waals surface area contributed by atoms with Gasteiger partial charge in [0, 0.05) is 11.3 Å². The van der Waals surface area contributed by atoms with Crippen molar-refractivity contribution in [1.82, 2.24) is 5.32 Å². The first-order chi connectivity index (χ1) is 11.6. The van der Waals surface area contributed by atoms with Crippen LogP contribution in [0.4, 0.5) is 5.69 Å². The maximum Gasteiger partial charge on any atom is 0.239 e. The highest BCUT2D eigenvalue weighted by Crippen LogP contribution is 2.27. The lowest BCUT2D eigenvalue weighted by molar-refractivity contribution is -0.119. The van der Waals surface area contributed by atoms with Crippen LogP contribution in [0.2, 0.25) is 0 Å². The van der Waals surface area contributed by atoms with Gasteiger partial charge in [0.25, 0.3) is 0 Å². The molecule has 2 rings (SSSR count). The summed E-state index contributed by atoms with van der Waals surface area (Å²) in [5.74, 6) is 0.558. The summed E-state index contributed by atoms with van der Waals surface area (Å²) in [6, 6.07) is 14.3. The van der Waals surface area contributed by atoms with Gasteiger partial charge in [-0.15, -0.1) is 0 Å². The SMILES string of the molecule is COc1ccc(C(=O)CNC(=O)CNc2ccccc2)cc1OC. The molecule has 0 spiro atoms. The number of methoxy groups -OCH3 is 2. The van der Waals surface area contributed by atoms with E-state index in [-0.39, 0.29) is 24.8 Å². The summed E-state index contributed by atoms with van der Waals surface area (Å²) in [7, 11) is 3.03. The van der Waals surface area contributed by atoms with E-state index in [9.17, 15) is 9.59 Å². The van der Waals surface area contributed by atoms with Gasteiger partial charge < -0.3 is 20.1 Å². The molecule has 0 atom stereocenters. The Labute approximate surface area is 140 Å². The molecule has 0 saturated carbocycles. The van der Waals surface area contributed by atoms with Gasteiger partial charge in [0.1, 0.15) is 0 Å². The Bertz CT molecular complexity index is 701. The highest BCUT2D eigenvalue weighted by molar-refractivity contribution is 6.00. The van der Waals surface area contributed by atoms with Gasteiger partial charge in [-0.1, -0.05) is 18.2 Å². The molecule has 0 heterocycles. The Morgan fingerprint density at radius 1 is 0.917 bits per heavy atom. The number of rotatable bonds is 8. The summed E-state index contributed by atoms with van der Waals surface area (Å²) in [5.41, 5.74) is 1.29. The summed E-state index contributed by atoms with van der Waals surface area (Å²) < 4.78 is 10.3. The Balaban J connectivity index is 1.85. The largest absolute Gasteiger partial charge is 0.493 e. The number of hydrogen-bond acceptors (Lipinski definition) is 5. The van der Waals surface area contributed by atoms with Crippen LogP contribution in [-0.2, 0) is 4.79 Å². The van der Waals surface area contributed by atoms with Crippen molar-refractivity contribution in [1.29, 1.82) is 0 Å². The van der Waals surface area contributed by atoms with Crippen molar-refractivity contribution in [2.45, 2.75) is 0 Å². The van der Waals surface area contributed by atoms with Crippen molar-refractivity contribution >= 4 is 17.4 Å². The lowest BCUT2D eigenvalue weighted by Crippen LogP contribution is -2.34. The zero-order valence-electron chi connectivity index (χ0n) is 13.7. The standard InChI is InChI=1S/C18H20N2O4/c1-23-16-9-8-13(10-17(16)24-2)15(21)11-20-18(22)12-19-14-6-4-3-5-7-14/h3-10,19H,11-12H2,1-2H3,(H,20,22). The number of ether oxygens (including phenoxy) is 2. The summed E-state index contributed by atoms with van der Waals surface area (Å²) in [5, 5.41) is 5.58. The van der Waals surface area contributed by atoms with Crippen LogP contribution in [0, 0.1) is 0 Å². The lowest BCUT2D eigenvalue weighted by atomic mass is 10.1. The third-order valence-electron chi connectivity index (χ3n) is 3.38. The second-order valence-corrected chi connectivity index (χ2v) is 4.99. The summed E-state index contributed by atoms with van der Waals surface area (Å²) in [4.78, 5) is 24.0. The van der Waals surface area contributed by atoms with Gasteiger partial charge in [-0.05, 0) is 30.3 Å². The maximum atomic E-state index is 12.2. The fourth-order valence-corrected chi connectivity index (χ4v) is 2.09. The smallest absolute Gasteiger partial charge is 0.239 e. The van der Waals surface area contributed by atoms with E-state index in [0.29, 0.717) is 17.1 Å². The van der Waals surface area contributed by atoms with E-state index in [1.54, 1.807) is 18.2 Å². The number of hydrogen-bond donors (Lipinski definition) is 2. The van der Waals surface area contributed by atoms with E-state index in [0.717, 1.165) is 5.69 Å². The summed E-state index contributed by atoms with van der Waals surface area (Å²) in [6.07, 6.45) is 0. The van der Waals surface area contributed by atoms with E-state index in [1.165, 1.54) is 14.2 Å².